The molecular weight excluding hydrogens is 212 g/mol. The summed E-state index contributed by atoms with van der Waals surface area (Å²) >= 11 is 5.84. The minimum Gasteiger partial charge on any atom is -0.382 e. The van der Waals surface area contributed by atoms with Crippen LogP contribution in [0.25, 0.3) is 0 Å². The van der Waals surface area contributed by atoms with Crippen molar-refractivity contribution in [3.05, 3.63) is 59.1 Å². The average molecular weight is 221 g/mol. The van der Waals surface area contributed by atoms with Crippen LogP contribution >= 0.6 is 11.6 Å². The Bertz CT molecular complexity index is 447. The van der Waals surface area contributed by atoms with Gasteiger partial charge in [0.1, 0.15) is 11.8 Å². The zero-order valence-electron chi connectivity index (χ0n) is 7.84. The number of aromatic nitrogens is 2. The molecule has 4 heteroatoms. The molecule has 0 bridgehead atoms. The van der Waals surface area contributed by atoms with Gasteiger partial charge in [0.25, 0.3) is 0 Å². The lowest BCUT2D eigenvalue weighted by atomic mass is 10.1. The normalized spacial score (nSPS) is 12.4. The second kappa shape index (κ2) is 4.38. The van der Waals surface area contributed by atoms with Crippen LogP contribution in [0.3, 0.4) is 0 Å². The maximum Gasteiger partial charge on any atom is 0.153 e. The van der Waals surface area contributed by atoms with Gasteiger partial charge in [0, 0.05) is 12.4 Å². The van der Waals surface area contributed by atoms with Crippen molar-refractivity contribution < 1.29 is 5.11 Å². The van der Waals surface area contributed by atoms with E-state index < -0.39 is 6.10 Å². The summed E-state index contributed by atoms with van der Waals surface area (Å²) in [6.45, 7) is 0. The molecule has 2 rings (SSSR count). The first-order valence-electron chi connectivity index (χ1n) is 4.48. The minimum absolute atomic E-state index is 0.230. The predicted molar refractivity (Wildman–Crippen MR) is 57.5 cm³/mol. The summed E-state index contributed by atoms with van der Waals surface area (Å²) in [5.74, 6) is 0. The summed E-state index contributed by atoms with van der Waals surface area (Å²) in [7, 11) is 0. The first kappa shape index (κ1) is 10.1. The third-order valence-corrected chi connectivity index (χ3v) is 2.35. The van der Waals surface area contributed by atoms with Gasteiger partial charge in [-0.25, -0.2) is 4.98 Å². The van der Waals surface area contributed by atoms with E-state index in [1.165, 1.54) is 12.4 Å². The summed E-state index contributed by atoms with van der Waals surface area (Å²) in [4.78, 5) is 7.88. The lowest BCUT2D eigenvalue weighted by molar-refractivity contribution is 0.215. The predicted octanol–water partition coefficient (Wildman–Crippen LogP) is 2.21. The maximum absolute atomic E-state index is 9.99. The van der Waals surface area contributed by atoms with Crippen LogP contribution in [0.1, 0.15) is 17.4 Å². The summed E-state index contributed by atoms with van der Waals surface area (Å²) in [5, 5.41) is 10.2. The molecule has 0 amide bonds. The molecule has 0 radical (unpaired) electrons. The van der Waals surface area contributed by atoms with Crippen molar-refractivity contribution in [3.8, 4) is 0 Å². The fourth-order valence-electron chi connectivity index (χ4n) is 1.31. The summed E-state index contributed by atoms with van der Waals surface area (Å²) in [6.07, 6.45) is 2.17. The average Bonchev–Trinajstić information content (AvgIpc) is 2.30. The highest BCUT2D eigenvalue weighted by Crippen LogP contribution is 2.23. The number of rotatable bonds is 2. The molecule has 1 aromatic heterocycles. The van der Waals surface area contributed by atoms with Crippen molar-refractivity contribution in [2.45, 2.75) is 6.10 Å². The first-order valence-corrected chi connectivity index (χ1v) is 4.86. The van der Waals surface area contributed by atoms with Crippen LogP contribution in [-0.4, -0.2) is 15.1 Å². The van der Waals surface area contributed by atoms with Gasteiger partial charge < -0.3 is 5.11 Å². The fraction of sp³-hybridized carbons (Fsp3) is 0.0909. The number of hydrogen-bond acceptors (Lipinski definition) is 3. The SMILES string of the molecule is OC(c1ccccc1)c1nccnc1Cl. The second-order valence-electron chi connectivity index (χ2n) is 3.05. The largest absolute Gasteiger partial charge is 0.382 e. The molecule has 1 N–H and O–H groups in total. The molecular formula is C11H9ClN2O. The molecule has 3 nitrogen and oxygen atoms in total. The Hall–Kier alpha value is -1.45. The Balaban J connectivity index is 2.37. The molecule has 15 heavy (non-hydrogen) atoms. The highest BCUT2D eigenvalue weighted by Gasteiger charge is 2.15. The number of hydrogen-bond donors (Lipinski definition) is 1. The first-order chi connectivity index (χ1) is 7.29. The van der Waals surface area contributed by atoms with Crippen molar-refractivity contribution >= 4 is 11.6 Å². The number of benzene rings is 1. The van der Waals surface area contributed by atoms with Crippen LogP contribution in [0.15, 0.2) is 42.7 Å². The highest BCUT2D eigenvalue weighted by molar-refractivity contribution is 6.30. The molecule has 0 aliphatic heterocycles. The number of aliphatic hydroxyl groups excluding tert-OH is 1. The second-order valence-corrected chi connectivity index (χ2v) is 3.40. The molecule has 0 spiro atoms. The van der Waals surface area contributed by atoms with Crippen molar-refractivity contribution in [3.63, 3.8) is 0 Å². The third-order valence-electron chi connectivity index (χ3n) is 2.05. The molecule has 1 unspecified atom stereocenters. The van der Waals surface area contributed by atoms with Gasteiger partial charge in [0.2, 0.25) is 0 Å². The summed E-state index contributed by atoms with van der Waals surface area (Å²) in [5.41, 5.74) is 1.13. The number of halogens is 1. The van der Waals surface area contributed by atoms with Crippen molar-refractivity contribution in [1.82, 2.24) is 9.97 Å². The van der Waals surface area contributed by atoms with Crippen LogP contribution in [0.4, 0.5) is 0 Å². The third kappa shape index (κ3) is 2.14. The Morgan fingerprint density at radius 3 is 2.40 bits per heavy atom. The molecule has 0 fully saturated rings. The van der Waals surface area contributed by atoms with E-state index in [1.807, 2.05) is 30.3 Å². The van der Waals surface area contributed by atoms with Crippen molar-refractivity contribution in [1.29, 1.82) is 0 Å². The zero-order chi connectivity index (χ0) is 10.7. The Morgan fingerprint density at radius 2 is 1.73 bits per heavy atom. The Kier molecular flexibility index (Phi) is 2.94. The molecule has 1 atom stereocenters. The molecule has 0 saturated heterocycles. The highest BCUT2D eigenvalue weighted by atomic mass is 35.5. The number of aliphatic hydroxyl groups is 1. The molecule has 1 aromatic carbocycles. The van der Waals surface area contributed by atoms with Gasteiger partial charge in [0.15, 0.2) is 5.15 Å². The van der Waals surface area contributed by atoms with Gasteiger partial charge in [-0.2, -0.15) is 0 Å². The van der Waals surface area contributed by atoms with Crippen molar-refractivity contribution in [2.75, 3.05) is 0 Å². The van der Waals surface area contributed by atoms with Crippen LogP contribution in [0.2, 0.25) is 5.15 Å². The standard InChI is InChI=1S/C11H9ClN2O/c12-11-9(13-6-7-14-11)10(15)8-4-2-1-3-5-8/h1-7,10,15H. The van der Waals surface area contributed by atoms with Gasteiger partial charge in [-0.05, 0) is 5.56 Å². The van der Waals surface area contributed by atoms with Gasteiger partial charge in [-0.3, -0.25) is 4.98 Å². The van der Waals surface area contributed by atoms with E-state index in [1.54, 1.807) is 0 Å². The topological polar surface area (TPSA) is 46.0 Å². The van der Waals surface area contributed by atoms with E-state index >= 15 is 0 Å². The molecule has 0 aliphatic rings. The summed E-state index contributed by atoms with van der Waals surface area (Å²) < 4.78 is 0. The Morgan fingerprint density at radius 1 is 1.07 bits per heavy atom. The van der Waals surface area contributed by atoms with Gasteiger partial charge in [-0.15, -0.1) is 0 Å². The molecule has 76 valence electrons. The van der Waals surface area contributed by atoms with Crippen LogP contribution in [0, 0.1) is 0 Å². The summed E-state index contributed by atoms with van der Waals surface area (Å²) in [6, 6.07) is 9.21. The smallest absolute Gasteiger partial charge is 0.153 e. The molecule has 2 aromatic rings. The maximum atomic E-state index is 9.99. The van der Waals surface area contributed by atoms with Gasteiger partial charge >= 0.3 is 0 Å². The minimum atomic E-state index is -0.826. The van der Waals surface area contributed by atoms with E-state index in [0.29, 0.717) is 5.69 Å². The van der Waals surface area contributed by atoms with E-state index in [2.05, 4.69) is 9.97 Å². The van der Waals surface area contributed by atoms with Crippen LogP contribution in [-0.2, 0) is 0 Å². The quantitative estimate of drug-likeness (QED) is 0.844. The Labute approximate surface area is 92.4 Å². The number of nitrogens with zero attached hydrogens (tertiary/aromatic N) is 2. The van der Waals surface area contributed by atoms with Gasteiger partial charge in [0.05, 0.1) is 0 Å². The van der Waals surface area contributed by atoms with Gasteiger partial charge in [-0.1, -0.05) is 41.9 Å². The van der Waals surface area contributed by atoms with E-state index in [9.17, 15) is 5.11 Å². The van der Waals surface area contributed by atoms with Crippen LogP contribution < -0.4 is 0 Å². The van der Waals surface area contributed by atoms with E-state index in [0.717, 1.165) is 5.56 Å². The monoisotopic (exact) mass is 220 g/mol. The fourth-order valence-corrected chi connectivity index (χ4v) is 1.52. The lowest BCUT2D eigenvalue weighted by Crippen LogP contribution is -2.03. The molecule has 0 aliphatic carbocycles. The van der Waals surface area contributed by atoms with E-state index in [4.69, 9.17) is 11.6 Å². The van der Waals surface area contributed by atoms with Crippen molar-refractivity contribution in [2.24, 2.45) is 0 Å². The van der Waals surface area contributed by atoms with E-state index in [-0.39, 0.29) is 5.15 Å². The van der Waals surface area contributed by atoms with Crippen LogP contribution in [0.5, 0.6) is 0 Å². The molecule has 0 saturated carbocycles. The lowest BCUT2D eigenvalue weighted by Gasteiger charge is -2.10. The zero-order valence-corrected chi connectivity index (χ0v) is 8.59. The molecule has 1 heterocycles.